The third-order valence-electron chi connectivity index (χ3n) is 7.72. The predicted molar refractivity (Wildman–Crippen MR) is 171 cm³/mol. The van der Waals surface area contributed by atoms with E-state index in [0.29, 0.717) is 16.5 Å². The zero-order valence-corrected chi connectivity index (χ0v) is 26.8. The van der Waals surface area contributed by atoms with Gasteiger partial charge in [0, 0.05) is 12.8 Å². The van der Waals surface area contributed by atoms with E-state index in [4.69, 9.17) is 38.6 Å². The van der Waals surface area contributed by atoms with Crippen LogP contribution in [0.15, 0.2) is 0 Å². The maximum atomic E-state index is 10.6. The van der Waals surface area contributed by atoms with Gasteiger partial charge in [-0.15, -0.1) is 0 Å². The van der Waals surface area contributed by atoms with Crippen LogP contribution in [0, 0.1) is 0 Å². The molecule has 4 atom stereocenters. The highest BCUT2D eigenvalue weighted by Gasteiger charge is 2.41. The van der Waals surface area contributed by atoms with E-state index in [0.717, 1.165) is 25.7 Å². The summed E-state index contributed by atoms with van der Waals surface area (Å²) in [5, 5.41) is 21.7. The minimum atomic E-state index is -1.06. The van der Waals surface area contributed by atoms with Crippen molar-refractivity contribution in [1.29, 1.82) is 0 Å². The first kappa shape index (κ1) is 36.7. The summed E-state index contributed by atoms with van der Waals surface area (Å²) in [4.78, 5) is 0. The highest BCUT2D eigenvalue weighted by molar-refractivity contribution is 7.80. The molecular weight excluding hydrogens is 528 g/mol. The van der Waals surface area contributed by atoms with Crippen LogP contribution in [-0.2, 0) is 14.2 Å². The van der Waals surface area contributed by atoms with E-state index in [9.17, 15) is 10.2 Å². The number of thiocarbonyl (C=S) groups is 2. The molecule has 1 rings (SSSR count). The van der Waals surface area contributed by atoms with E-state index < -0.39 is 24.4 Å². The Morgan fingerprint density at radius 3 is 1.51 bits per heavy atom. The summed E-state index contributed by atoms with van der Waals surface area (Å²) in [6, 6.07) is 0. The second-order valence-corrected chi connectivity index (χ2v) is 12.3. The average Bonchev–Trinajstić information content (AvgIpc) is 2.93. The van der Waals surface area contributed by atoms with Gasteiger partial charge in [0.05, 0.1) is 6.61 Å². The average molecular weight is 589 g/mol. The predicted octanol–water partition coefficient (Wildman–Crippen LogP) is 8.79. The molecule has 1 saturated heterocycles. The number of rotatable bonds is 25. The summed E-state index contributed by atoms with van der Waals surface area (Å²) in [6.45, 7) is 4.76. The van der Waals surface area contributed by atoms with Crippen LogP contribution < -0.4 is 0 Å². The monoisotopic (exact) mass is 588 g/mol. The summed E-state index contributed by atoms with van der Waals surface area (Å²) in [6.07, 6.45) is 23.6. The third-order valence-corrected chi connectivity index (χ3v) is 8.35. The fourth-order valence-corrected chi connectivity index (χ4v) is 5.58. The van der Waals surface area contributed by atoms with E-state index in [1.54, 1.807) is 0 Å². The smallest absolute Gasteiger partial charge is 0.160 e. The standard InChI is InChI=1S/C32H60O5S2/c1-3-5-7-9-11-13-15-17-19-21-23-29(38)36-26-28-32(31(34)27(33)25-35-28)37-30(39)24-22-20-18-16-14-12-10-8-6-4-2/h27-28,31-34H,3-26H2,1-2H3/t27-,28+,31+,32+/m1/s1. The van der Waals surface area contributed by atoms with E-state index in [1.165, 1.54) is 109 Å². The van der Waals surface area contributed by atoms with Gasteiger partial charge in [-0.25, -0.2) is 0 Å². The maximum Gasteiger partial charge on any atom is 0.160 e. The highest BCUT2D eigenvalue weighted by Crippen LogP contribution is 2.22. The van der Waals surface area contributed by atoms with Gasteiger partial charge in [-0.05, 0) is 37.3 Å². The Kier molecular flexibility index (Phi) is 23.9. The summed E-state index contributed by atoms with van der Waals surface area (Å²) in [5.74, 6) is 0. The van der Waals surface area contributed by atoms with Crippen LogP contribution in [-0.4, -0.2) is 57.9 Å². The lowest BCUT2D eigenvalue weighted by Crippen LogP contribution is -2.56. The minimum absolute atomic E-state index is 0.0471. The van der Waals surface area contributed by atoms with Crippen molar-refractivity contribution in [3.8, 4) is 0 Å². The topological polar surface area (TPSA) is 68.2 Å². The Labute approximate surface area is 251 Å². The minimum Gasteiger partial charge on any atom is -0.484 e. The lowest BCUT2D eigenvalue weighted by molar-refractivity contribution is -0.189. The van der Waals surface area contributed by atoms with Crippen molar-refractivity contribution in [3.63, 3.8) is 0 Å². The molecule has 0 aromatic rings. The zero-order chi connectivity index (χ0) is 28.6. The number of hydrogen-bond acceptors (Lipinski definition) is 7. The lowest BCUT2D eigenvalue weighted by atomic mass is 10.00. The molecule has 0 aromatic heterocycles. The van der Waals surface area contributed by atoms with Crippen LogP contribution >= 0.6 is 24.4 Å². The Morgan fingerprint density at radius 2 is 1.05 bits per heavy atom. The molecule has 0 unspecified atom stereocenters. The SMILES string of the molecule is CCCCCCCCCCCCC(=S)OC[C@@H]1OC[C@@H](O)[C@H](O)[C@H]1OC(=S)CCCCCCCCCCCC. The van der Waals surface area contributed by atoms with Crippen molar-refractivity contribution in [1.82, 2.24) is 0 Å². The fourth-order valence-electron chi connectivity index (χ4n) is 5.11. The van der Waals surface area contributed by atoms with E-state index in [-0.39, 0.29) is 13.2 Å². The van der Waals surface area contributed by atoms with Crippen LogP contribution in [0.3, 0.4) is 0 Å². The molecule has 0 amide bonds. The van der Waals surface area contributed by atoms with Crippen molar-refractivity contribution in [2.45, 2.75) is 180 Å². The van der Waals surface area contributed by atoms with E-state index in [1.807, 2.05) is 0 Å². The van der Waals surface area contributed by atoms with E-state index in [2.05, 4.69) is 13.8 Å². The molecule has 230 valence electrons. The zero-order valence-electron chi connectivity index (χ0n) is 25.2. The van der Waals surface area contributed by atoms with E-state index >= 15 is 0 Å². The van der Waals surface area contributed by atoms with Crippen molar-refractivity contribution < 1.29 is 24.4 Å². The lowest BCUT2D eigenvalue weighted by Gasteiger charge is -2.38. The molecule has 1 aliphatic rings. The maximum absolute atomic E-state index is 10.6. The van der Waals surface area contributed by atoms with Crippen LogP contribution in [0.4, 0.5) is 0 Å². The van der Waals surface area contributed by atoms with Gasteiger partial charge in [-0.3, -0.25) is 0 Å². The van der Waals surface area contributed by atoms with Crippen molar-refractivity contribution >= 4 is 34.5 Å². The van der Waals surface area contributed by atoms with Crippen LogP contribution in [0.1, 0.15) is 155 Å². The van der Waals surface area contributed by atoms with Crippen LogP contribution in [0.25, 0.3) is 0 Å². The highest BCUT2D eigenvalue weighted by atomic mass is 32.1. The quantitative estimate of drug-likeness (QED) is 0.0816. The molecular formula is C32H60O5S2. The second kappa shape index (κ2) is 25.4. The first-order chi connectivity index (χ1) is 19.0. The Bertz CT molecular complexity index is 603. The molecule has 1 aliphatic heterocycles. The summed E-state index contributed by atoms with van der Waals surface area (Å²) in [7, 11) is 0. The molecule has 0 bridgehead atoms. The number of unbranched alkanes of at least 4 members (excludes halogenated alkanes) is 18. The summed E-state index contributed by atoms with van der Waals surface area (Å²) >= 11 is 10.9. The molecule has 0 spiro atoms. The van der Waals surface area contributed by atoms with Gasteiger partial charge in [0.25, 0.3) is 0 Å². The molecule has 5 nitrogen and oxygen atoms in total. The van der Waals surface area contributed by atoms with Gasteiger partial charge in [-0.2, -0.15) is 0 Å². The normalized spacial score (nSPS) is 21.1. The van der Waals surface area contributed by atoms with Gasteiger partial charge in [0.15, 0.2) is 16.2 Å². The summed E-state index contributed by atoms with van der Waals surface area (Å²) < 4.78 is 17.5. The molecule has 1 fully saturated rings. The number of aliphatic hydroxyl groups is 2. The molecule has 39 heavy (non-hydrogen) atoms. The molecule has 0 saturated carbocycles. The Hall–Kier alpha value is -0.340. The third kappa shape index (κ3) is 19.4. The van der Waals surface area contributed by atoms with Gasteiger partial charge in [0.1, 0.15) is 24.9 Å². The number of aliphatic hydroxyl groups excluding tert-OH is 2. The van der Waals surface area contributed by atoms with Gasteiger partial charge >= 0.3 is 0 Å². The Morgan fingerprint density at radius 1 is 0.641 bits per heavy atom. The first-order valence-corrected chi connectivity index (χ1v) is 17.1. The van der Waals surface area contributed by atoms with Crippen molar-refractivity contribution in [3.05, 3.63) is 0 Å². The largest absolute Gasteiger partial charge is 0.484 e. The first-order valence-electron chi connectivity index (χ1n) is 16.3. The molecule has 0 aliphatic carbocycles. The fraction of sp³-hybridized carbons (Fsp3) is 0.938. The molecule has 7 heteroatoms. The van der Waals surface area contributed by atoms with Gasteiger partial charge in [-0.1, -0.05) is 129 Å². The molecule has 2 N–H and O–H groups in total. The Balaban J connectivity index is 2.19. The molecule has 0 aromatic carbocycles. The van der Waals surface area contributed by atoms with Crippen molar-refractivity contribution in [2.24, 2.45) is 0 Å². The van der Waals surface area contributed by atoms with Crippen molar-refractivity contribution in [2.75, 3.05) is 13.2 Å². The number of ether oxygens (including phenoxy) is 3. The van der Waals surface area contributed by atoms with Gasteiger partial charge < -0.3 is 24.4 Å². The van der Waals surface area contributed by atoms with Crippen LogP contribution in [0.2, 0.25) is 0 Å². The molecule has 0 radical (unpaired) electrons. The van der Waals surface area contributed by atoms with Crippen LogP contribution in [0.5, 0.6) is 0 Å². The molecule has 1 heterocycles. The summed E-state index contributed by atoms with van der Waals surface area (Å²) in [5.41, 5.74) is 0. The number of hydrogen-bond donors (Lipinski definition) is 2. The van der Waals surface area contributed by atoms with Gasteiger partial charge in [0.2, 0.25) is 0 Å². The second-order valence-electron chi connectivity index (χ2n) is 11.4.